The maximum Gasteiger partial charge on any atom is 0.252 e. The average Bonchev–Trinajstić information content (AvgIpc) is 1.22. The standard InChI is InChI=1S/C110H107BN4/c1-107(2,3)76-55-73-49-50-74-56-77(108(4,5)6)64-91-86(58-75(57-76)102(73)103(74)91)72-51-54-98-93(59-72)111-92-53-52-80(112-94-45-29-25-41-82(94)83-42-26-30-46-95(83)112)65-99(92)115(106-89(70-37-21-15-22-38-70)62-79(110(10,11)12)63-90(106)71-39-23-16-24-40-71)101-67-81(113-96-47-31-27-43-84(96)85-44-28-32-48-97(85)113)66-100(104(101)111)114(98)105-87(68-33-17-13-18-34-68)60-78(109(7,8)9)61-88(105)69-35-19-14-20-36-69/h13-26,29-30,33-42,45-46,49-54,56-67,73,84-85,96-97,102-103H,27-28,31-32,43-44,47-48,55H2,1-12H3. The Morgan fingerprint density at radius 3 is 1.35 bits per heavy atom. The number of hydrogen-bond donors (Lipinski definition) is 0. The number of rotatable bonds is 9. The molecule has 4 heterocycles. The summed E-state index contributed by atoms with van der Waals surface area (Å²) >= 11 is 0. The lowest BCUT2D eigenvalue weighted by atomic mass is 9.33. The highest BCUT2D eigenvalue weighted by atomic mass is 15.3. The fraction of sp³-hybridized carbons (Fsp3) is 0.291. The second-order valence-electron chi connectivity index (χ2n) is 39.3. The summed E-state index contributed by atoms with van der Waals surface area (Å²) in [6, 6.07) is 96.5. The molecular weight excluding hydrogens is 1390 g/mol. The van der Waals surface area contributed by atoms with Crippen LogP contribution in [0.25, 0.3) is 77.6 Å². The lowest BCUT2D eigenvalue weighted by Crippen LogP contribution is -2.61. The van der Waals surface area contributed by atoms with Gasteiger partial charge in [-0.2, -0.15) is 0 Å². The molecule has 0 bridgehead atoms. The van der Waals surface area contributed by atoms with Crippen LogP contribution in [0.3, 0.4) is 0 Å². The number of allylic oxidation sites excluding steroid dienone is 12. The van der Waals surface area contributed by atoms with Crippen LogP contribution in [0.1, 0.15) is 158 Å². The van der Waals surface area contributed by atoms with Gasteiger partial charge in [0.15, 0.2) is 0 Å². The van der Waals surface area contributed by atoms with Crippen LogP contribution in [0.2, 0.25) is 0 Å². The van der Waals surface area contributed by atoms with Gasteiger partial charge in [0.2, 0.25) is 0 Å². The van der Waals surface area contributed by atoms with E-state index in [4.69, 9.17) is 0 Å². The average molecular weight is 1500 g/mol. The molecule has 12 aromatic rings. The summed E-state index contributed by atoms with van der Waals surface area (Å²) < 4.78 is 2.57. The minimum atomic E-state index is -0.239. The van der Waals surface area contributed by atoms with Crippen LogP contribution in [-0.4, -0.2) is 23.4 Å². The SMILES string of the molecule is CC(C)(C)C1=CC2=C(c3ccc4c(c3)B3c5ccc(-n6c7ccccc7c7ccccc76)cc5N(c5c(-c6ccccc6)cc(C(C)(C)C)cc5-c5ccccc5)c5cc(N6C7CCCCC7C7CCCCC76)cc(c53)N4c3c(-c4ccccc4)cc(C(C)(C)C)cc3-c3ccccc3)C=C3C=C(C(C)(C)C)CC4C=CC(=C1)C2C34. The van der Waals surface area contributed by atoms with Crippen molar-refractivity contribution in [1.29, 1.82) is 0 Å². The topological polar surface area (TPSA) is 14.7 Å². The van der Waals surface area contributed by atoms with Crippen LogP contribution in [0, 0.1) is 40.4 Å². The molecule has 4 nitrogen and oxygen atoms in total. The van der Waals surface area contributed by atoms with E-state index in [0.717, 1.165) is 12.1 Å². The third kappa shape index (κ3) is 11.7. The molecule has 3 aliphatic heterocycles. The molecule has 2 saturated carbocycles. The largest absolute Gasteiger partial charge is 0.365 e. The number of hydrogen-bond acceptors (Lipinski definition) is 3. The maximum atomic E-state index is 3.09. The molecule has 7 atom stereocenters. The van der Waals surface area contributed by atoms with E-state index in [1.807, 2.05) is 0 Å². The van der Waals surface area contributed by atoms with Gasteiger partial charge in [-0.25, -0.2) is 0 Å². The van der Waals surface area contributed by atoms with E-state index in [0.29, 0.717) is 35.8 Å². The monoisotopic (exact) mass is 1490 g/mol. The number of fused-ring (bicyclic) bond motifs is 10. The molecule has 570 valence electrons. The van der Waals surface area contributed by atoms with Gasteiger partial charge < -0.3 is 19.3 Å². The first-order chi connectivity index (χ1) is 55.6. The first-order valence-electron chi connectivity index (χ1n) is 43.3. The van der Waals surface area contributed by atoms with Crippen LogP contribution >= 0.6 is 0 Å². The van der Waals surface area contributed by atoms with Gasteiger partial charge in [-0.05, 0) is 221 Å². The summed E-state index contributed by atoms with van der Waals surface area (Å²) in [6.07, 6.45) is 27.0. The minimum absolute atomic E-state index is 0.0291. The molecule has 11 aromatic carbocycles. The lowest BCUT2D eigenvalue weighted by Gasteiger charge is -2.48. The predicted molar refractivity (Wildman–Crippen MR) is 490 cm³/mol. The molecule has 3 fully saturated rings. The molecule has 0 radical (unpaired) electrons. The summed E-state index contributed by atoms with van der Waals surface area (Å²) in [7, 11) is 0. The summed E-state index contributed by atoms with van der Waals surface area (Å²) in [5.41, 5.74) is 38.0. The Morgan fingerprint density at radius 1 is 0.374 bits per heavy atom. The van der Waals surface area contributed by atoms with E-state index in [9.17, 15) is 0 Å². The summed E-state index contributed by atoms with van der Waals surface area (Å²) in [5.74, 6) is 2.33. The van der Waals surface area contributed by atoms with Crippen molar-refractivity contribution in [3.63, 3.8) is 0 Å². The van der Waals surface area contributed by atoms with Crippen molar-refractivity contribution in [3.8, 4) is 50.2 Å². The van der Waals surface area contributed by atoms with Crippen molar-refractivity contribution >= 4 is 90.3 Å². The first kappa shape index (κ1) is 71.9. The van der Waals surface area contributed by atoms with Crippen LogP contribution < -0.4 is 31.1 Å². The highest BCUT2D eigenvalue weighted by Crippen LogP contribution is 2.61. The van der Waals surface area contributed by atoms with Gasteiger partial charge in [-0.1, -0.05) is 327 Å². The van der Waals surface area contributed by atoms with Crippen LogP contribution in [-0.2, 0) is 10.8 Å². The Bertz CT molecular complexity index is 5970. The molecular formula is C110H107BN4. The van der Waals surface area contributed by atoms with E-state index in [1.165, 1.54) is 218 Å². The molecule has 6 aliphatic carbocycles. The van der Waals surface area contributed by atoms with Gasteiger partial charge in [0.25, 0.3) is 6.71 Å². The van der Waals surface area contributed by atoms with Crippen molar-refractivity contribution in [3.05, 3.63) is 324 Å². The molecule has 115 heavy (non-hydrogen) atoms. The van der Waals surface area contributed by atoms with Crippen molar-refractivity contribution in [1.82, 2.24) is 4.57 Å². The highest BCUT2D eigenvalue weighted by molar-refractivity contribution is 7.00. The molecule has 5 heteroatoms. The summed E-state index contributed by atoms with van der Waals surface area (Å²) in [5, 5.41) is 2.51. The molecule has 0 spiro atoms. The fourth-order valence-corrected chi connectivity index (χ4v) is 22.7. The van der Waals surface area contributed by atoms with Gasteiger partial charge in [0.05, 0.1) is 22.4 Å². The van der Waals surface area contributed by atoms with Crippen LogP contribution in [0.4, 0.5) is 39.8 Å². The Kier molecular flexibility index (Phi) is 16.8. The van der Waals surface area contributed by atoms with Crippen molar-refractivity contribution in [2.45, 2.75) is 164 Å². The zero-order valence-corrected chi connectivity index (χ0v) is 69.3. The predicted octanol–water partition coefficient (Wildman–Crippen LogP) is 27.5. The van der Waals surface area contributed by atoms with Gasteiger partial charge in [0.1, 0.15) is 0 Å². The van der Waals surface area contributed by atoms with Gasteiger partial charge in [0, 0.05) is 91.1 Å². The van der Waals surface area contributed by atoms with E-state index in [2.05, 4.69) is 381 Å². The van der Waals surface area contributed by atoms with Gasteiger partial charge in [-0.15, -0.1) is 0 Å². The van der Waals surface area contributed by atoms with Gasteiger partial charge in [-0.3, -0.25) is 0 Å². The third-order valence-corrected chi connectivity index (χ3v) is 28.4. The molecule has 21 rings (SSSR count). The quantitative estimate of drug-likeness (QED) is 0.134. The van der Waals surface area contributed by atoms with Gasteiger partial charge >= 0.3 is 0 Å². The second-order valence-corrected chi connectivity index (χ2v) is 39.3. The number of aromatic nitrogens is 1. The maximum absolute atomic E-state index is 3.09. The smallest absolute Gasteiger partial charge is 0.252 e. The number of nitrogens with zero attached hydrogens (tertiary/aromatic N) is 4. The number of benzene rings is 11. The van der Waals surface area contributed by atoms with Crippen molar-refractivity contribution in [2.24, 2.45) is 40.4 Å². The Labute approximate surface area is 683 Å². The van der Waals surface area contributed by atoms with Crippen molar-refractivity contribution < 1.29 is 0 Å². The molecule has 1 saturated heterocycles. The second kappa shape index (κ2) is 26.9. The molecule has 9 aliphatic rings. The zero-order chi connectivity index (χ0) is 78.3. The summed E-state index contributed by atoms with van der Waals surface area (Å²) in [4.78, 5) is 8.82. The number of anilines is 7. The van der Waals surface area contributed by atoms with E-state index >= 15 is 0 Å². The Balaban J connectivity index is 0.951. The molecule has 1 aromatic heterocycles. The van der Waals surface area contributed by atoms with E-state index in [1.54, 1.807) is 5.57 Å². The zero-order valence-electron chi connectivity index (χ0n) is 69.3. The summed E-state index contributed by atoms with van der Waals surface area (Å²) in [6.45, 7) is 28.7. The third-order valence-electron chi connectivity index (χ3n) is 28.4. The van der Waals surface area contributed by atoms with Crippen LogP contribution in [0.5, 0.6) is 0 Å². The Morgan fingerprint density at radius 2 is 0.852 bits per heavy atom. The molecule has 0 amide bonds. The first-order valence-corrected chi connectivity index (χ1v) is 43.3. The normalized spacial score (nSPS) is 21.4. The number of para-hydroxylation sites is 2. The van der Waals surface area contributed by atoms with Crippen molar-refractivity contribution in [2.75, 3.05) is 14.7 Å². The fourth-order valence-electron chi connectivity index (χ4n) is 22.7. The molecule has 7 unspecified atom stereocenters. The minimum Gasteiger partial charge on any atom is -0.365 e. The van der Waals surface area contributed by atoms with E-state index in [-0.39, 0.29) is 34.3 Å². The van der Waals surface area contributed by atoms with Crippen LogP contribution in [0.15, 0.2) is 307 Å². The lowest BCUT2D eigenvalue weighted by molar-refractivity contribution is 0.231. The van der Waals surface area contributed by atoms with E-state index < -0.39 is 0 Å². The highest BCUT2D eigenvalue weighted by Gasteiger charge is 2.53. The molecule has 0 N–H and O–H groups in total. The Hall–Kier alpha value is -10.9.